The average Bonchev–Trinajstić information content (AvgIpc) is 3.02. The zero-order chi connectivity index (χ0) is 19.2. The number of thioether (sulfide) groups is 1. The number of nitrogens with zero attached hydrogens (tertiary/aromatic N) is 1. The number of carbonyl (C=O) groups excluding carboxylic acids is 3. The van der Waals surface area contributed by atoms with Crippen molar-refractivity contribution in [3.8, 4) is 0 Å². The van der Waals surface area contributed by atoms with Gasteiger partial charge in [0, 0.05) is 18.2 Å². The van der Waals surface area contributed by atoms with Gasteiger partial charge in [-0.3, -0.25) is 19.3 Å². The molecule has 11 heteroatoms. The molecule has 3 aliphatic heterocycles. The Morgan fingerprint density at radius 2 is 2.19 bits per heavy atom. The van der Waals surface area contributed by atoms with E-state index >= 15 is 0 Å². The summed E-state index contributed by atoms with van der Waals surface area (Å²) in [6.45, 7) is 1.09. The van der Waals surface area contributed by atoms with Crippen LogP contribution in [0.15, 0.2) is 23.6 Å². The van der Waals surface area contributed by atoms with E-state index < -0.39 is 52.9 Å². The Bertz CT molecular complexity index is 791. The molecule has 1 saturated heterocycles. The van der Waals surface area contributed by atoms with Gasteiger partial charge in [0.1, 0.15) is 17.1 Å². The summed E-state index contributed by atoms with van der Waals surface area (Å²) in [5.74, 6) is -3.42. The number of esters is 1. The predicted molar refractivity (Wildman–Crippen MR) is 92.9 cm³/mol. The largest absolute Gasteiger partial charge is 0.484 e. The zero-order valence-electron chi connectivity index (χ0n) is 13.4. The molecule has 0 saturated carbocycles. The van der Waals surface area contributed by atoms with E-state index in [-0.39, 0.29) is 16.2 Å². The SMILES string of the molecule is CC(=O)OC(C(=O)C1OC=CC1=S)C1=C(C(=O)O)N2C(=O)[C@@H](N)[C@H]2SC1. The van der Waals surface area contributed by atoms with Crippen LogP contribution in [0.5, 0.6) is 0 Å². The molecule has 3 N–H and O–H groups in total. The van der Waals surface area contributed by atoms with Crippen molar-refractivity contribution in [2.45, 2.75) is 30.5 Å². The van der Waals surface area contributed by atoms with E-state index in [1.54, 1.807) is 0 Å². The fraction of sp³-hybridized carbons (Fsp3) is 0.400. The Balaban J connectivity index is 2.02. The minimum atomic E-state index is -1.53. The molecule has 4 atom stereocenters. The van der Waals surface area contributed by atoms with Gasteiger partial charge in [0.05, 0.1) is 11.1 Å². The number of carboxylic acid groups (broad SMARTS) is 1. The molecule has 1 fully saturated rings. The highest BCUT2D eigenvalue weighted by Crippen LogP contribution is 2.41. The number of β-lactam (4-membered cyclic amide) rings is 1. The van der Waals surface area contributed by atoms with Gasteiger partial charge in [0.25, 0.3) is 0 Å². The average molecular weight is 398 g/mol. The number of ketones is 1. The van der Waals surface area contributed by atoms with E-state index in [2.05, 4.69) is 0 Å². The number of hydrogen-bond acceptors (Lipinski definition) is 9. The molecule has 0 aliphatic carbocycles. The van der Waals surface area contributed by atoms with Crippen molar-refractivity contribution in [2.75, 3.05) is 5.75 Å². The Hall–Kier alpha value is -2.24. The van der Waals surface area contributed by atoms with Gasteiger partial charge in [0.2, 0.25) is 11.7 Å². The summed E-state index contributed by atoms with van der Waals surface area (Å²) in [6, 6.07) is -0.811. The van der Waals surface area contributed by atoms with Gasteiger partial charge in [-0.2, -0.15) is 0 Å². The summed E-state index contributed by atoms with van der Waals surface area (Å²) in [5, 5.41) is 9.06. The summed E-state index contributed by atoms with van der Waals surface area (Å²) in [7, 11) is 0. The molecule has 3 rings (SSSR count). The van der Waals surface area contributed by atoms with Crippen LogP contribution in [0.2, 0.25) is 0 Å². The van der Waals surface area contributed by atoms with E-state index in [0.29, 0.717) is 0 Å². The summed E-state index contributed by atoms with van der Waals surface area (Å²) in [6.07, 6.45) is -0.0292. The van der Waals surface area contributed by atoms with Crippen LogP contribution in [0.4, 0.5) is 0 Å². The quantitative estimate of drug-likeness (QED) is 0.349. The van der Waals surface area contributed by atoms with Gasteiger partial charge in [-0.05, 0) is 6.08 Å². The second-order valence-electron chi connectivity index (χ2n) is 5.73. The number of Topliss-reactive ketones (excluding diaryl/α,β-unsaturated/α-hetero) is 1. The monoisotopic (exact) mass is 398 g/mol. The number of amides is 1. The number of hydrogen-bond donors (Lipinski definition) is 2. The van der Waals surface area contributed by atoms with Crippen LogP contribution in [0.3, 0.4) is 0 Å². The molecule has 0 radical (unpaired) electrons. The minimum Gasteiger partial charge on any atom is -0.484 e. The lowest BCUT2D eigenvalue weighted by molar-refractivity contribution is -0.153. The molecule has 138 valence electrons. The van der Waals surface area contributed by atoms with Crippen molar-refractivity contribution in [3.05, 3.63) is 23.6 Å². The predicted octanol–water partition coefficient (Wildman–Crippen LogP) is -0.649. The van der Waals surface area contributed by atoms with Crippen LogP contribution in [0.25, 0.3) is 0 Å². The number of carbonyl (C=O) groups is 4. The van der Waals surface area contributed by atoms with Crippen molar-refractivity contribution in [1.29, 1.82) is 0 Å². The van der Waals surface area contributed by atoms with E-state index in [0.717, 1.165) is 11.8 Å². The van der Waals surface area contributed by atoms with Gasteiger partial charge < -0.3 is 20.3 Å². The first kappa shape index (κ1) is 18.5. The van der Waals surface area contributed by atoms with Gasteiger partial charge in [-0.25, -0.2) is 4.79 Å². The van der Waals surface area contributed by atoms with Gasteiger partial charge in [-0.1, -0.05) is 12.2 Å². The highest BCUT2D eigenvalue weighted by molar-refractivity contribution is 8.00. The van der Waals surface area contributed by atoms with Crippen molar-refractivity contribution in [3.63, 3.8) is 0 Å². The molecule has 1 amide bonds. The van der Waals surface area contributed by atoms with E-state index in [1.807, 2.05) is 0 Å². The molecule has 3 aliphatic rings. The number of nitrogens with two attached hydrogens (primary N) is 1. The van der Waals surface area contributed by atoms with Crippen LogP contribution in [-0.2, 0) is 28.7 Å². The van der Waals surface area contributed by atoms with Gasteiger partial charge in [0.15, 0.2) is 12.2 Å². The first-order chi connectivity index (χ1) is 12.2. The first-order valence-electron chi connectivity index (χ1n) is 7.47. The lowest BCUT2D eigenvalue weighted by atomic mass is 9.96. The molecule has 0 aromatic rings. The number of aliphatic carboxylic acids is 1. The Kier molecular flexibility index (Phi) is 4.86. The van der Waals surface area contributed by atoms with Crippen molar-refractivity contribution in [1.82, 2.24) is 4.90 Å². The van der Waals surface area contributed by atoms with Crippen LogP contribution < -0.4 is 5.73 Å². The molecule has 3 heterocycles. The van der Waals surface area contributed by atoms with Crippen LogP contribution in [0.1, 0.15) is 6.92 Å². The topological polar surface area (TPSA) is 136 Å². The highest BCUT2D eigenvalue weighted by Gasteiger charge is 2.54. The third-order valence-electron chi connectivity index (χ3n) is 4.06. The van der Waals surface area contributed by atoms with Gasteiger partial charge >= 0.3 is 11.9 Å². The molecule has 0 bridgehead atoms. The number of fused-ring (bicyclic) bond motifs is 1. The van der Waals surface area contributed by atoms with Gasteiger partial charge in [-0.15, -0.1) is 11.8 Å². The van der Waals surface area contributed by atoms with Crippen molar-refractivity contribution in [2.24, 2.45) is 5.73 Å². The third kappa shape index (κ3) is 2.91. The number of rotatable bonds is 5. The Labute approximate surface area is 157 Å². The Morgan fingerprint density at radius 1 is 1.50 bits per heavy atom. The number of carboxylic acids is 1. The summed E-state index contributed by atoms with van der Waals surface area (Å²) in [4.78, 5) is 49.3. The van der Waals surface area contributed by atoms with Crippen molar-refractivity contribution >= 4 is 52.5 Å². The maximum absolute atomic E-state index is 12.8. The first-order valence-corrected chi connectivity index (χ1v) is 8.93. The molecular weight excluding hydrogens is 384 g/mol. The number of ether oxygens (including phenoxy) is 2. The lowest BCUT2D eigenvalue weighted by Gasteiger charge is -2.48. The summed E-state index contributed by atoms with van der Waals surface area (Å²) in [5.41, 5.74) is 5.30. The maximum Gasteiger partial charge on any atom is 0.352 e. The second-order valence-corrected chi connectivity index (χ2v) is 7.30. The lowest BCUT2D eigenvalue weighted by Crippen LogP contribution is -2.69. The normalized spacial score (nSPS) is 28.2. The van der Waals surface area contributed by atoms with Crippen LogP contribution in [0, 0.1) is 0 Å². The molecular formula is C15H14N2O7S2. The highest BCUT2D eigenvalue weighted by atomic mass is 32.2. The summed E-state index contributed by atoms with van der Waals surface area (Å²) >= 11 is 6.22. The molecule has 0 aromatic carbocycles. The van der Waals surface area contributed by atoms with E-state index in [1.165, 1.54) is 24.1 Å². The smallest absolute Gasteiger partial charge is 0.352 e. The number of thiocarbonyl (C=S) groups is 1. The standard InChI is InChI=1S/C15H14N2O7S2/c1-5(18)24-11(10(19)12-7(25)2-3-23-12)6-4-26-14-8(16)13(20)17(14)9(6)15(21)22/h2-3,8,11-12,14H,4,16H2,1H3,(H,21,22)/t8-,11?,12?,14-/m1/s1. The van der Waals surface area contributed by atoms with Crippen LogP contribution in [-0.4, -0.2) is 67.9 Å². The van der Waals surface area contributed by atoms with E-state index in [9.17, 15) is 24.3 Å². The van der Waals surface area contributed by atoms with E-state index in [4.69, 9.17) is 27.4 Å². The van der Waals surface area contributed by atoms with Crippen LogP contribution >= 0.6 is 24.0 Å². The molecule has 26 heavy (non-hydrogen) atoms. The molecule has 0 spiro atoms. The minimum absolute atomic E-state index is 0.00231. The Morgan fingerprint density at radius 3 is 2.73 bits per heavy atom. The zero-order valence-corrected chi connectivity index (χ0v) is 15.0. The second kappa shape index (κ2) is 6.82. The molecule has 9 nitrogen and oxygen atoms in total. The maximum atomic E-state index is 12.8. The fourth-order valence-electron chi connectivity index (χ4n) is 2.89. The summed E-state index contributed by atoms with van der Waals surface area (Å²) < 4.78 is 10.2. The van der Waals surface area contributed by atoms with Crippen molar-refractivity contribution < 1.29 is 33.8 Å². The fourth-order valence-corrected chi connectivity index (χ4v) is 4.44. The third-order valence-corrected chi connectivity index (χ3v) is 5.74. The molecule has 2 unspecified atom stereocenters. The molecule has 0 aromatic heterocycles.